The minimum atomic E-state index is -0.314. The maximum atomic E-state index is 11.4. The molecule has 1 N–H and O–H groups in total. The Balaban J connectivity index is 3.27. The highest BCUT2D eigenvalue weighted by Gasteiger charge is 2.10. The van der Waals surface area contributed by atoms with Crippen LogP contribution in [0.1, 0.15) is 84.5 Å². The molecule has 0 saturated carbocycles. The number of hydrogen-bond donors (Lipinski definition) is 1. The average Bonchev–Trinajstić information content (AvgIpc) is 2.43. The molecule has 19 heavy (non-hydrogen) atoms. The largest absolute Gasteiger partial charge is 0.460 e. The molecule has 1 atom stereocenters. The summed E-state index contributed by atoms with van der Waals surface area (Å²) in [5.41, 5.74) is 0. The van der Waals surface area contributed by atoms with E-state index in [4.69, 9.17) is 9.84 Å². The highest BCUT2D eigenvalue weighted by Crippen LogP contribution is 2.11. The van der Waals surface area contributed by atoms with Crippen LogP contribution in [0.4, 0.5) is 0 Å². The maximum Gasteiger partial charge on any atom is 0.306 e. The van der Waals surface area contributed by atoms with Gasteiger partial charge in [0.05, 0.1) is 6.61 Å². The second-order valence-electron chi connectivity index (χ2n) is 5.28. The standard InChI is InChI=1S/C16H32O3/c1-3-5-6-7-8-9-10-11-12-13-16(18)19-15(4-2)14-17/h15,17H,3-14H2,1-2H3/t15-/m1/s1. The lowest BCUT2D eigenvalue weighted by Gasteiger charge is -2.12. The van der Waals surface area contributed by atoms with Gasteiger partial charge in [-0.05, 0) is 12.8 Å². The SMILES string of the molecule is CCCCCCCCCCCC(=O)O[C@H](CC)CO. The molecule has 0 aliphatic rings. The predicted octanol–water partition coefficient (Wildman–Crippen LogP) is 4.22. The molecule has 0 aromatic carbocycles. The molecule has 0 radical (unpaired) electrons. The average molecular weight is 272 g/mol. The van der Waals surface area contributed by atoms with Crippen molar-refractivity contribution in [3.05, 3.63) is 0 Å². The van der Waals surface area contributed by atoms with Crippen molar-refractivity contribution in [2.45, 2.75) is 90.6 Å². The van der Waals surface area contributed by atoms with Crippen LogP contribution < -0.4 is 0 Å². The fourth-order valence-corrected chi connectivity index (χ4v) is 2.07. The van der Waals surface area contributed by atoms with Crippen molar-refractivity contribution >= 4 is 5.97 Å². The Morgan fingerprint density at radius 2 is 1.47 bits per heavy atom. The summed E-state index contributed by atoms with van der Waals surface area (Å²) >= 11 is 0. The molecule has 0 aromatic heterocycles. The normalized spacial score (nSPS) is 12.4. The Morgan fingerprint density at radius 3 is 1.95 bits per heavy atom. The molecule has 0 bridgehead atoms. The number of aliphatic hydroxyl groups excluding tert-OH is 1. The van der Waals surface area contributed by atoms with Crippen molar-refractivity contribution in [1.29, 1.82) is 0 Å². The summed E-state index contributed by atoms with van der Waals surface area (Å²) in [6.45, 7) is 4.08. The molecule has 0 aliphatic carbocycles. The van der Waals surface area contributed by atoms with Gasteiger partial charge in [0.15, 0.2) is 0 Å². The van der Waals surface area contributed by atoms with Crippen molar-refractivity contribution < 1.29 is 14.6 Å². The lowest BCUT2D eigenvalue weighted by Crippen LogP contribution is -2.20. The molecule has 0 rings (SSSR count). The monoisotopic (exact) mass is 272 g/mol. The van der Waals surface area contributed by atoms with Crippen molar-refractivity contribution in [1.82, 2.24) is 0 Å². The van der Waals surface area contributed by atoms with E-state index in [9.17, 15) is 4.79 Å². The fraction of sp³-hybridized carbons (Fsp3) is 0.938. The number of aliphatic hydroxyl groups is 1. The first-order valence-electron chi connectivity index (χ1n) is 8.04. The summed E-state index contributed by atoms with van der Waals surface area (Å²) in [7, 11) is 0. The maximum absolute atomic E-state index is 11.4. The van der Waals surface area contributed by atoms with E-state index in [1.54, 1.807) is 0 Å². The van der Waals surface area contributed by atoms with Gasteiger partial charge in [0.2, 0.25) is 0 Å². The van der Waals surface area contributed by atoms with E-state index in [2.05, 4.69) is 6.92 Å². The highest BCUT2D eigenvalue weighted by molar-refractivity contribution is 5.69. The number of ether oxygens (including phenoxy) is 1. The zero-order valence-electron chi connectivity index (χ0n) is 12.8. The molecule has 114 valence electrons. The van der Waals surface area contributed by atoms with E-state index in [0.717, 1.165) is 12.8 Å². The Bertz CT molecular complexity index is 200. The zero-order chi connectivity index (χ0) is 14.3. The molecule has 0 amide bonds. The van der Waals surface area contributed by atoms with Crippen LogP contribution in [0.15, 0.2) is 0 Å². The van der Waals surface area contributed by atoms with E-state index in [0.29, 0.717) is 12.8 Å². The summed E-state index contributed by atoms with van der Waals surface area (Å²) in [5, 5.41) is 8.93. The van der Waals surface area contributed by atoms with Gasteiger partial charge in [-0.2, -0.15) is 0 Å². The van der Waals surface area contributed by atoms with Crippen molar-refractivity contribution in [3.8, 4) is 0 Å². The third-order valence-corrected chi connectivity index (χ3v) is 3.44. The van der Waals surface area contributed by atoms with E-state index >= 15 is 0 Å². The van der Waals surface area contributed by atoms with Gasteiger partial charge in [-0.25, -0.2) is 0 Å². The van der Waals surface area contributed by atoms with Gasteiger partial charge in [-0.15, -0.1) is 0 Å². The van der Waals surface area contributed by atoms with E-state index < -0.39 is 0 Å². The van der Waals surface area contributed by atoms with Crippen molar-refractivity contribution in [2.24, 2.45) is 0 Å². The molecule has 0 unspecified atom stereocenters. The lowest BCUT2D eigenvalue weighted by atomic mass is 10.1. The minimum Gasteiger partial charge on any atom is -0.460 e. The van der Waals surface area contributed by atoms with Crippen LogP contribution >= 0.6 is 0 Å². The van der Waals surface area contributed by atoms with Gasteiger partial charge < -0.3 is 9.84 Å². The number of carbonyl (C=O) groups excluding carboxylic acids is 1. The van der Waals surface area contributed by atoms with Crippen LogP contribution in [-0.2, 0) is 9.53 Å². The Kier molecular flexibility index (Phi) is 13.4. The van der Waals surface area contributed by atoms with Crippen LogP contribution in [-0.4, -0.2) is 23.8 Å². The van der Waals surface area contributed by atoms with Crippen LogP contribution in [0.3, 0.4) is 0 Å². The molecule has 0 spiro atoms. The Morgan fingerprint density at radius 1 is 0.947 bits per heavy atom. The second-order valence-corrected chi connectivity index (χ2v) is 5.28. The van der Waals surface area contributed by atoms with Gasteiger partial charge in [0, 0.05) is 6.42 Å². The summed E-state index contributed by atoms with van der Waals surface area (Å²) < 4.78 is 5.13. The number of rotatable bonds is 13. The summed E-state index contributed by atoms with van der Waals surface area (Å²) in [6, 6.07) is 0. The molecule has 0 aromatic rings. The summed E-state index contributed by atoms with van der Waals surface area (Å²) in [5.74, 6) is -0.163. The Hall–Kier alpha value is -0.570. The van der Waals surface area contributed by atoms with Gasteiger partial charge in [-0.3, -0.25) is 4.79 Å². The van der Waals surface area contributed by atoms with Gasteiger partial charge >= 0.3 is 5.97 Å². The smallest absolute Gasteiger partial charge is 0.306 e. The quantitative estimate of drug-likeness (QED) is 0.403. The molecule has 0 saturated heterocycles. The number of unbranched alkanes of at least 4 members (excludes halogenated alkanes) is 8. The first-order chi connectivity index (χ1) is 9.24. The molecule has 3 heteroatoms. The number of esters is 1. The zero-order valence-corrected chi connectivity index (χ0v) is 12.8. The minimum absolute atomic E-state index is 0.0694. The Labute approximate surface area is 118 Å². The molecular formula is C16H32O3. The highest BCUT2D eigenvalue weighted by atomic mass is 16.5. The topological polar surface area (TPSA) is 46.5 Å². The molecule has 0 aliphatic heterocycles. The lowest BCUT2D eigenvalue weighted by molar-refractivity contribution is -0.151. The fourth-order valence-electron chi connectivity index (χ4n) is 2.07. The van der Waals surface area contributed by atoms with Gasteiger partial charge in [-0.1, -0.05) is 65.2 Å². The first kappa shape index (κ1) is 18.4. The molecular weight excluding hydrogens is 240 g/mol. The number of hydrogen-bond acceptors (Lipinski definition) is 3. The van der Waals surface area contributed by atoms with E-state index in [-0.39, 0.29) is 18.7 Å². The first-order valence-corrected chi connectivity index (χ1v) is 8.04. The summed E-state index contributed by atoms with van der Waals surface area (Å²) in [4.78, 5) is 11.4. The van der Waals surface area contributed by atoms with E-state index in [1.807, 2.05) is 6.92 Å². The summed E-state index contributed by atoms with van der Waals surface area (Å²) in [6.07, 6.45) is 12.1. The van der Waals surface area contributed by atoms with Crippen LogP contribution in [0.5, 0.6) is 0 Å². The third-order valence-electron chi connectivity index (χ3n) is 3.44. The van der Waals surface area contributed by atoms with Gasteiger partial charge in [0.25, 0.3) is 0 Å². The predicted molar refractivity (Wildman–Crippen MR) is 79.1 cm³/mol. The van der Waals surface area contributed by atoms with Crippen molar-refractivity contribution in [2.75, 3.05) is 6.61 Å². The van der Waals surface area contributed by atoms with Gasteiger partial charge in [0.1, 0.15) is 6.10 Å². The second kappa shape index (κ2) is 13.9. The van der Waals surface area contributed by atoms with Crippen LogP contribution in [0.2, 0.25) is 0 Å². The molecule has 3 nitrogen and oxygen atoms in total. The van der Waals surface area contributed by atoms with Crippen LogP contribution in [0, 0.1) is 0 Å². The van der Waals surface area contributed by atoms with Crippen molar-refractivity contribution in [3.63, 3.8) is 0 Å². The molecule has 0 fully saturated rings. The molecule has 0 heterocycles. The van der Waals surface area contributed by atoms with Crippen LogP contribution in [0.25, 0.3) is 0 Å². The third kappa shape index (κ3) is 12.2. The number of carbonyl (C=O) groups is 1. The van der Waals surface area contributed by atoms with E-state index in [1.165, 1.54) is 44.9 Å².